The Morgan fingerprint density at radius 1 is 0.811 bits per heavy atom. The predicted octanol–water partition coefficient (Wildman–Crippen LogP) is 10.3. The Bertz CT molecular complexity index is 2790. The lowest BCUT2D eigenvalue weighted by Crippen LogP contribution is -3.00. The highest BCUT2D eigenvalue weighted by Gasteiger charge is 2.72. The van der Waals surface area contributed by atoms with Crippen LogP contribution in [-0.2, 0) is 20.9 Å². The zero-order valence-corrected chi connectivity index (χ0v) is 47.1. The molecule has 4 saturated carbocycles. The third-order valence-corrected chi connectivity index (χ3v) is 21.6. The number of anilines is 1. The Labute approximate surface area is 449 Å². The number of esters is 1. The van der Waals surface area contributed by atoms with E-state index < -0.39 is 22.9 Å². The third kappa shape index (κ3) is 8.36. The average molecular weight is 1020 g/mol. The largest absolute Gasteiger partial charge is 1.00 e. The SMILES string of the molecule is CCN(CC)c1ccc2c(c1)OC1=CC(=[N+](CC)CC)C=CC1C2c1ccccc1C(=O)O[C@H]1CC[C@@]2(C)[C@@H](CC[C@]3(C)[C@@H]2C(=O)C=C2[C@@H]4[C@@H](C)[C@H](C)CC[C@]4(C)CC[C@]23C)[C@@]1(C)C(=O)NCc1ccccc1.[Cl-]. The summed E-state index contributed by atoms with van der Waals surface area (Å²) in [6, 6.07) is 24.5. The molecule has 13 atom stereocenters. The van der Waals surface area contributed by atoms with Crippen molar-refractivity contribution >= 4 is 29.1 Å². The molecule has 6 aliphatic carbocycles. The summed E-state index contributed by atoms with van der Waals surface area (Å²) >= 11 is 0. The molecule has 0 saturated heterocycles. The Hall–Kier alpha value is -4.95. The number of amides is 1. The highest BCUT2D eigenvalue weighted by atomic mass is 35.5. The van der Waals surface area contributed by atoms with Crippen molar-refractivity contribution in [3.05, 3.63) is 131 Å². The van der Waals surface area contributed by atoms with Crippen molar-refractivity contribution in [2.24, 2.45) is 62.6 Å². The van der Waals surface area contributed by atoms with Gasteiger partial charge in [0.25, 0.3) is 0 Å². The first-order valence-electron chi connectivity index (χ1n) is 28.4. The van der Waals surface area contributed by atoms with Gasteiger partial charge in [0.1, 0.15) is 30.7 Å². The number of carbonyl (C=O) groups is 3. The van der Waals surface area contributed by atoms with E-state index in [1.54, 1.807) is 0 Å². The minimum atomic E-state index is -1.12. The number of benzene rings is 3. The van der Waals surface area contributed by atoms with E-state index in [0.29, 0.717) is 42.7 Å². The van der Waals surface area contributed by atoms with Gasteiger partial charge in [-0.2, -0.15) is 0 Å². The lowest BCUT2D eigenvalue weighted by molar-refractivity contribution is -0.519. The summed E-state index contributed by atoms with van der Waals surface area (Å²) in [5, 5.41) is 3.37. The van der Waals surface area contributed by atoms with Crippen LogP contribution < -0.4 is 27.4 Å². The van der Waals surface area contributed by atoms with Crippen LogP contribution in [0.25, 0.3) is 0 Å². The molecule has 396 valence electrons. The zero-order chi connectivity index (χ0) is 51.8. The maximum atomic E-state index is 15.5. The second kappa shape index (κ2) is 20.2. The number of ketones is 1. The number of carbonyl (C=O) groups excluding carboxylic acids is 3. The minimum absolute atomic E-state index is 0. The van der Waals surface area contributed by atoms with E-state index in [2.05, 4.69) is 140 Å². The second-order valence-corrected chi connectivity index (χ2v) is 24.8. The quantitative estimate of drug-likeness (QED) is 0.152. The zero-order valence-electron chi connectivity index (χ0n) is 46.4. The summed E-state index contributed by atoms with van der Waals surface area (Å²) in [7, 11) is 0. The molecule has 0 aromatic heterocycles. The highest BCUT2D eigenvalue weighted by Crippen LogP contribution is 2.75. The van der Waals surface area contributed by atoms with Gasteiger partial charge in [0.15, 0.2) is 5.78 Å². The third-order valence-electron chi connectivity index (χ3n) is 21.6. The molecule has 1 aliphatic heterocycles. The van der Waals surface area contributed by atoms with Crippen LogP contribution in [0.5, 0.6) is 5.75 Å². The summed E-state index contributed by atoms with van der Waals surface area (Å²) in [4.78, 5) is 48.7. The predicted molar refractivity (Wildman–Crippen MR) is 293 cm³/mol. The van der Waals surface area contributed by atoms with Crippen LogP contribution in [0.4, 0.5) is 5.69 Å². The van der Waals surface area contributed by atoms with Gasteiger partial charge in [-0.1, -0.05) is 108 Å². The summed E-state index contributed by atoms with van der Waals surface area (Å²) in [6.07, 6.45) is 15.6. The average Bonchev–Trinajstić information content (AvgIpc) is 3.39. The minimum Gasteiger partial charge on any atom is -1.00 e. The van der Waals surface area contributed by atoms with E-state index in [1.807, 2.05) is 48.5 Å². The molecular formula is C65H84ClN3O5. The van der Waals surface area contributed by atoms with Crippen molar-refractivity contribution in [2.75, 3.05) is 31.1 Å². The van der Waals surface area contributed by atoms with E-state index in [0.717, 1.165) is 85.0 Å². The van der Waals surface area contributed by atoms with Gasteiger partial charge in [0.05, 0.1) is 11.0 Å². The van der Waals surface area contributed by atoms with Crippen molar-refractivity contribution in [1.82, 2.24) is 5.32 Å². The van der Waals surface area contributed by atoms with Gasteiger partial charge in [0.2, 0.25) is 11.6 Å². The van der Waals surface area contributed by atoms with Gasteiger partial charge in [-0.25, -0.2) is 9.37 Å². The highest BCUT2D eigenvalue weighted by molar-refractivity contribution is 6.02. The Balaban J connectivity index is 0.00000672. The van der Waals surface area contributed by atoms with Crippen molar-refractivity contribution in [1.29, 1.82) is 0 Å². The fraction of sp³-hybridized carbons (Fsp3) is 0.569. The standard InChI is InChI=1S/C65H83N3O5.ClH/c1-12-67(13-2)44-25-27-48-52(37-44)72-53-38-45(68(14-3)15-4)26-28-49(53)56(48)46-23-19-20-24-47(46)59(70)73-55-31-33-62(8)54(65(55,11)60(71)66-40-43-21-17-16-18-22-43)30-34-64(10)58(62)51(69)39-50-57-42(6)41(5)29-32-61(57,7)35-36-63(50,64)9;/h16-28,37-39,41-42,48,54-58H,12-15,29-36,40H2,1-11H3;1H/t41-,42+,48?,54-,55+,56?,57+,58-,61-,62+,63-,64-,65-;/m1./s1. The topological polar surface area (TPSA) is 88.0 Å². The van der Waals surface area contributed by atoms with E-state index in [9.17, 15) is 0 Å². The van der Waals surface area contributed by atoms with Gasteiger partial charge in [-0.3, -0.25) is 9.59 Å². The van der Waals surface area contributed by atoms with Crippen LogP contribution in [0.2, 0.25) is 0 Å². The van der Waals surface area contributed by atoms with Crippen molar-refractivity contribution in [3.63, 3.8) is 0 Å². The van der Waals surface area contributed by atoms with Crippen LogP contribution in [0.1, 0.15) is 160 Å². The Morgan fingerprint density at radius 2 is 1.53 bits per heavy atom. The lowest BCUT2D eigenvalue weighted by Gasteiger charge is -2.70. The van der Waals surface area contributed by atoms with Gasteiger partial charge >= 0.3 is 5.97 Å². The van der Waals surface area contributed by atoms with Crippen LogP contribution >= 0.6 is 0 Å². The molecule has 0 radical (unpaired) electrons. The molecule has 1 N–H and O–H groups in total. The first-order valence-corrected chi connectivity index (χ1v) is 28.4. The molecule has 7 aliphatic rings. The molecule has 2 unspecified atom stereocenters. The molecule has 10 rings (SSSR count). The van der Waals surface area contributed by atoms with Crippen LogP contribution in [0.15, 0.2) is 108 Å². The maximum absolute atomic E-state index is 15.5. The molecule has 9 heteroatoms. The van der Waals surface area contributed by atoms with E-state index >= 15 is 14.4 Å². The van der Waals surface area contributed by atoms with Crippen LogP contribution in [0, 0.1) is 62.6 Å². The molecular weight excluding hydrogens is 938 g/mol. The van der Waals surface area contributed by atoms with Gasteiger partial charge < -0.3 is 32.1 Å². The summed E-state index contributed by atoms with van der Waals surface area (Å²) in [6.45, 7) is 29.3. The number of nitrogens with zero attached hydrogens (tertiary/aromatic N) is 2. The molecule has 0 spiro atoms. The number of allylic oxidation sites excluding steroid dienone is 5. The van der Waals surface area contributed by atoms with Crippen LogP contribution in [0.3, 0.4) is 0 Å². The molecule has 0 bridgehead atoms. The molecule has 1 heterocycles. The maximum Gasteiger partial charge on any atom is 0.338 e. The number of rotatable bonds is 11. The number of fused-ring (bicyclic) bond motifs is 9. The second-order valence-electron chi connectivity index (χ2n) is 24.8. The lowest BCUT2D eigenvalue weighted by atomic mass is 9.33. The van der Waals surface area contributed by atoms with Crippen LogP contribution in [-0.4, -0.2) is 60.2 Å². The van der Waals surface area contributed by atoms with E-state index in [1.165, 1.54) is 24.8 Å². The van der Waals surface area contributed by atoms with E-state index in [-0.39, 0.29) is 64.0 Å². The van der Waals surface area contributed by atoms with Gasteiger partial charge in [-0.15, -0.1) is 0 Å². The number of ether oxygens (including phenoxy) is 2. The number of hydrogen-bond acceptors (Lipinski definition) is 6. The summed E-state index contributed by atoms with van der Waals surface area (Å²) in [5.41, 5.74) is 5.21. The normalized spacial score (nSPS) is 35.6. The van der Waals surface area contributed by atoms with Gasteiger partial charge in [-0.05, 0) is 161 Å². The summed E-state index contributed by atoms with van der Waals surface area (Å²) < 4.78 is 16.2. The Morgan fingerprint density at radius 3 is 2.24 bits per heavy atom. The monoisotopic (exact) mass is 1020 g/mol. The molecule has 4 fully saturated rings. The van der Waals surface area contributed by atoms with Crippen molar-refractivity contribution in [2.45, 2.75) is 146 Å². The van der Waals surface area contributed by atoms with Gasteiger partial charge in [0, 0.05) is 66.9 Å². The number of halogens is 1. The first kappa shape index (κ1) is 53.9. The number of hydrogen-bond donors (Lipinski definition) is 1. The van der Waals surface area contributed by atoms with Crippen molar-refractivity contribution in [3.8, 4) is 5.75 Å². The molecule has 74 heavy (non-hydrogen) atoms. The molecule has 8 nitrogen and oxygen atoms in total. The number of nitrogens with one attached hydrogen (secondary N) is 1. The van der Waals surface area contributed by atoms with Crippen molar-refractivity contribution < 1.29 is 40.8 Å². The Kier molecular flexibility index (Phi) is 14.7. The molecule has 3 aromatic carbocycles. The fourth-order valence-corrected chi connectivity index (χ4v) is 17.0. The molecule has 3 aromatic rings. The first-order chi connectivity index (χ1) is 34.9. The summed E-state index contributed by atoms with van der Waals surface area (Å²) in [5.74, 6) is 2.05. The smallest absolute Gasteiger partial charge is 0.338 e. The van der Waals surface area contributed by atoms with E-state index in [4.69, 9.17) is 9.47 Å². The fourth-order valence-electron chi connectivity index (χ4n) is 17.0. The molecule has 1 amide bonds.